The minimum Gasteiger partial charge on any atom is -0.508 e. The molecule has 0 heterocycles. The van der Waals surface area contributed by atoms with Gasteiger partial charge in [0.25, 0.3) is 0 Å². The first-order chi connectivity index (χ1) is 45.8. The SMILES string of the molecule is CC1(C)c2cc(-c3ccc4c(c3)C(C)(C)c3cc(-c5c6ccccc6c(-c6c7ccccc7c(-c7ccc8c(c7)C(C)(C)c7ccccc7-8)c7ccccc67)c6ccccc56)ccc3-4)ccc2-c2ccc(-c3c4ccccc4c(-c4ccc(O)cc4)c4ccccc34)cc21. The molecule has 0 saturated heterocycles. The van der Waals surface area contributed by atoms with Gasteiger partial charge in [-0.1, -0.05) is 284 Å². The maximum absolute atomic E-state index is 10.3. The van der Waals surface area contributed by atoms with Crippen LogP contribution in [-0.2, 0) is 16.2 Å². The summed E-state index contributed by atoms with van der Waals surface area (Å²) in [5.74, 6) is 0.269. The maximum atomic E-state index is 10.3. The van der Waals surface area contributed by atoms with Crippen molar-refractivity contribution in [2.75, 3.05) is 0 Å². The Balaban J connectivity index is 0.694. The Morgan fingerprint density at radius 3 is 0.681 bits per heavy atom. The molecule has 0 atom stereocenters. The molecule has 444 valence electrons. The molecule has 19 rings (SSSR count). The number of hydrogen-bond donors (Lipinski definition) is 1. The quantitative estimate of drug-likeness (QED) is 0.165. The van der Waals surface area contributed by atoms with E-state index in [0.29, 0.717) is 0 Å². The molecule has 0 unspecified atom stereocenters. The van der Waals surface area contributed by atoms with Gasteiger partial charge < -0.3 is 5.11 Å². The van der Waals surface area contributed by atoms with Gasteiger partial charge in [-0.2, -0.15) is 0 Å². The van der Waals surface area contributed by atoms with Gasteiger partial charge >= 0.3 is 0 Å². The van der Waals surface area contributed by atoms with Crippen LogP contribution in [0.1, 0.15) is 74.9 Å². The zero-order chi connectivity index (χ0) is 63.1. The number of phenols is 1. The van der Waals surface area contributed by atoms with Crippen LogP contribution >= 0.6 is 0 Å². The standard InChI is InChI=1S/C93H66O/c1-91(2)79-34-20-19-21-61(79)62-46-39-57(51-82(62)91)87-71-26-11-15-30-75(71)89(76-31-16-12-27-72(76)87)90-77-32-17-13-28-73(77)88(74-29-14-18-33-78(74)90)59-41-48-66-64-45-38-56(50-81(64)93(5,6)84(66)53-59)55-37-44-63-65-47-40-58(52-83(65)92(3,4)80(63)49-55)86-69-24-9-7-22-67(69)85(54-35-42-60(94)43-36-54)68-23-8-10-25-70(68)86/h7-53,94H,1-6H3. The smallest absolute Gasteiger partial charge is 0.115 e. The lowest BCUT2D eigenvalue weighted by Crippen LogP contribution is -2.15. The summed E-state index contributed by atoms with van der Waals surface area (Å²) >= 11 is 0. The van der Waals surface area contributed by atoms with Crippen LogP contribution in [-0.4, -0.2) is 5.11 Å². The van der Waals surface area contributed by atoms with Crippen molar-refractivity contribution in [3.63, 3.8) is 0 Å². The van der Waals surface area contributed by atoms with Gasteiger partial charge in [-0.25, -0.2) is 0 Å². The number of fused-ring (bicyclic) bond motifs is 15. The normalized spacial score (nSPS) is 14.4. The van der Waals surface area contributed by atoms with Crippen LogP contribution < -0.4 is 0 Å². The van der Waals surface area contributed by atoms with E-state index in [0.717, 1.165) is 5.56 Å². The second kappa shape index (κ2) is 19.7. The van der Waals surface area contributed by atoms with Crippen molar-refractivity contribution in [1.82, 2.24) is 0 Å². The van der Waals surface area contributed by atoms with E-state index < -0.39 is 0 Å². The van der Waals surface area contributed by atoms with Gasteiger partial charge in [0.2, 0.25) is 0 Å². The topological polar surface area (TPSA) is 20.2 Å². The van der Waals surface area contributed by atoms with Crippen LogP contribution in [0.15, 0.2) is 285 Å². The van der Waals surface area contributed by atoms with Crippen LogP contribution in [0.3, 0.4) is 0 Å². The van der Waals surface area contributed by atoms with Crippen molar-refractivity contribution >= 4 is 64.6 Å². The first kappa shape index (κ1) is 54.6. The van der Waals surface area contributed by atoms with Crippen molar-refractivity contribution in [2.24, 2.45) is 0 Å². The highest BCUT2D eigenvalue weighted by molar-refractivity contribution is 6.30. The van der Waals surface area contributed by atoms with E-state index in [2.05, 4.69) is 302 Å². The van der Waals surface area contributed by atoms with E-state index in [1.807, 2.05) is 12.1 Å². The zero-order valence-corrected chi connectivity index (χ0v) is 53.6. The van der Waals surface area contributed by atoms with E-state index in [9.17, 15) is 5.11 Å². The van der Waals surface area contributed by atoms with Crippen molar-refractivity contribution in [2.45, 2.75) is 57.8 Å². The summed E-state index contributed by atoms with van der Waals surface area (Å²) in [5, 5.41) is 25.2. The van der Waals surface area contributed by atoms with E-state index >= 15 is 0 Å². The molecular formula is C93H66O. The first-order valence-corrected chi connectivity index (χ1v) is 33.3. The summed E-state index contributed by atoms with van der Waals surface area (Å²) in [6, 6.07) is 107. The van der Waals surface area contributed by atoms with Crippen LogP contribution in [0, 0.1) is 0 Å². The molecule has 16 aromatic rings. The fourth-order valence-electron chi connectivity index (χ4n) is 17.8. The minimum absolute atomic E-state index is 0.110. The molecule has 0 saturated carbocycles. The molecule has 1 N–H and O–H groups in total. The predicted molar refractivity (Wildman–Crippen MR) is 398 cm³/mol. The van der Waals surface area contributed by atoms with Gasteiger partial charge in [0.15, 0.2) is 0 Å². The fourth-order valence-corrected chi connectivity index (χ4v) is 17.8. The Morgan fingerprint density at radius 2 is 0.383 bits per heavy atom. The molecule has 94 heavy (non-hydrogen) atoms. The second-order valence-corrected chi connectivity index (χ2v) is 28.3. The molecule has 0 aliphatic heterocycles. The van der Waals surface area contributed by atoms with Crippen LogP contribution in [0.25, 0.3) is 165 Å². The lowest BCUT2D eigenvalue weighted by atomic mass is 9.78. The molecule has 0 radical (unpaired) electrons. The van der Waals surface area contributed by atoms with Crippen LogP contribution in [0.2, 0.25) is 0 Å². The average molecular weight is 1200 g/mol. The zero-order valence-electron chi connectivity index (χ0n) is 53.6. The lowest BCUT2D eigenvalue weighted by molar-refractivity contribution is 0.475. The Hall–Kier alpha value is -11.1. The predicted octanol–water partition coefficient (Wildman–Crippen LogP) is 25.2. The van der Waals surface area contributed by atoms with Gasteiger partial charge in [-0.05, 0) is 241 Å². The van der Waals surface area contributed by atoms with Gasteiger partial charge in [0.05, 0.1) is 0 Å². The monoisotopic (exact) mass is 1200 g/mol. The molecule has 0 amide bonds. The number of rotatable bonds is 6. The van der Waals surface area contributed by atoms with Crippen LogP contribution in [0.4, 0.5) is 0 Å². The van der Waals surface area contributed by atoms with E-state index in [1.54, 1.807) is 12.1 Å². The lowest BCUT2D eigenvalue weighted by Gasteiger charge is -2.25. The van der Waals surface area contributed by atoms with Crippen LogP contribution in [0.5, 0.6) is 5.75 Å². The van der Waals surface area contributed by atoms with Crippen molar-refractivity contribution in [1.29, 1.82) is 0 Å². The van der Waals surface area contributed by atoms with Gasteiger partial charge in [0.1, 0.15) is 5.75 Å². The summed E-state index contributed by atoms with van der Waals surface area (Å²) in [6.45, 7) is 14.4. The molecule has 3 aliphatic carbocycles. The highest BCUT2D eigenvalue weighted by atomic mass is 16.3. The Kier molecular flexibility index (Phi) is 11.4. The number of hydrogen-bond acceptors (Lipinski definition) is 1. The first-order valence-electron chi connectivity index (χ1n) is 33.3. The Labute approximate surface area is 548 Å². The summed E-state index contributed by atoms with van der Waals surface area (Å²) in [4.78, 5) is 0. The largest absolute Gasteiger partial charge is 0.508 e. The van der Waals surface area contributed by atoms with Crippen molar-refractivity contribution in [3.05, 3.63) is 318 Å². The van der Waals surface area contributed by atoms with Gasteiger partial charge in [-0.15, -0.1) is 0 Å². The summed E-state index contributed by atoms with van der Waals surface area (Å²) in [5.41, 5.74) is 30.4. The summed E-state index contributed by atoms with van der Waals surface area (Å²) in [6.07, 6.45) is 0. The fraction of sp³-hybridized carbons (Fsp3) is 0.0968. The van der Waals surface area contributed by atoms with Crippen molar-refractivity contribution < 1.29 is 5.11 Å². The molecule has 0 spiro atoms. The molecule has 1 heteroatoms. The molecule has 1 nitrogen and oxygen atoms in total. The third-order valence-electron chi connectivity index (χ3n) is 22.3. The third kappa shape index (κ3) is 7.58. The molecule has 0 bridgehead atoms. The van der Waals surface area contributed by atoms with E-state index in [4.69, 9.17) is 0 Å². The Bertz CT molecular complexity index is 5840. The van der Waals surface area contributed by atoms with E-state index in [-0.39, 0.29) is 22.0 Å². The minimum atomic E-state index is -0.264. The second-order valence-electron chi connectivity index (χ2n) is 28.3. The van der Waals surface area contributed by atoms with Crippen molar-refractivity contribution in [3.8, 4) is 106 Å². The number of aromatic hydroxyl groups is 1. The molecular weight excluding hydrogens is 1130 g/mol. The maximum Gasteiger partial charge on any atom is 0.115 e. The van der Waals surface area contributed by atoms with Gasteiger partial charge in [-0.3, -0.25) is 0 Å². The number of benzene rings is 16. The molecule has 16 aromatic carbocycles. The molecule has 0 aromatic heterocycles. The third-order valence-corrected chi connectivity index (χ3v) is 22.3. The molecule has 0 fully saturated rings. The molecule has 3 aliphatic rings. The highest BCUT2D eigenvalue weighted by Crippen LogP contribution is 2.57. The number of phenolic OH excluding ortho intramolecular Hbond substituents is 1. The average Bonchev–Trinajstić information content (AvgIpc) is 0.953. The summed E-state index contributed by atoms with van der Waals surface area (Å²) in [7, 11) is 0. The van der Waals surface area contributed by atoms with Gasteiger partial charge in [0, 0.05) is 16.2 Å². The Morgan fingerprint density at radius 1 is 0.181 bits per heavy atom. The highest BCUT2D eigenvalue weighted by Gasteiger charge is 2.40. The van der Waals surface area contributed by atoms with E-state index in [1.165, 1.54) is 193 Å². The summed E-state index contributed by atoms with van der Waals surface area (Å²) < 4.78 is 0.